The molecule has 0 saturated carbocycles. The van der Waals surface area contributed by atoms with E-state index < -0.39 is 13.6 Å². The number of hydrogen-bond donors (Lipinski definition) is 4. The van der Waals surface area contributed by atoms with Crippen molar-refractivity contribution < 1.29 is 29.9 Å². The molecule has 2 aliphatic heterocycles. The van der Waals surface area contributed by atoms with Gasteiger partial charge < -0.3 is 29.9 Å². The van der Waals surface area contributed by atoms with E-state index in [9.17, 15) is 20.4 Å². The lowest BCUT2D eigenvalue weighted by Gasteiger charge is -2.42. The molecule has 0 aliphatic carbocycles. The average Bonchev–Trinajstić information content (AvgIpc) is 2.99. The average molecular weight is 635 g/mol. The number of rotatable bonds is 11. The van der Waals surface area contributed by atoms with Crippen molar-refractivity contribution in [2.24, 2.45) is 0 Å². The number of benzene rings is 2. The molecule has 2 fully saturated rings. The normalized spacial score (nSPS) is 17.5. The highest BCUT2D eigenvalue weighted by Crippen LogP contribution is 2.67. The van der Waals surface area contributed by atoms with Crippen molar-refractivity contribution in [3.8, 4) is 23.0 Å². The van der Waals surface area contributed by atoms with Gasteiger partial charge in [-0.15, -0.1) is 0 Å². The molecule has 2 heterocycles. The highest BCUT2D eigenvalue weighted by Gasteiger charge is 2.50. The van der Waals surface area contributed by atoms with Crippen molar-refractivity contribution >= 4 is 7.71 Å². The zero-order chi connectivity index (χ0) is 32.3. The van der Waals surface area contributed by atoms with Gasteiger partial charge in [-0.2, -0.15) is 14.0 Å². The van der Waals surface area contributed by atoms with Crippen LogP contribution in [0.4, 0.5) is 0 Å². The second kappa shape index (κ2) is 14.5. The second-order valence-corrected chi connectivity index (χ2v) is 16.8. The Hall–Kier alpha value is -2.21. The lowest BCUT2D eigenvalue weighted by molar-refractivity contribution is 0.0338. The Kier molecular flexibility index (Phi) is 11.4. The molecule has 12 heteroatoms. The summed E-state index contributed by atoms with van der Waals surface area (Å²) in [4.78, 5) is 4.49. The fourth-order valence-corrected chi connectivity index (χ4v) is 10.7. The van der Waals surface area contributed by atoms with Gasteiger partial charge in [-0.1, -0.05) is 0 Å². The van der Waals surface area contributed by atoms with E-state index in [1.165, 1.54) is 0 Å². The van der Waals surface area contributed by atoms with E-state index in [-0.39, 0.29) is 23.0 Å². The molecule has 11 nitrogen and oxygen atoms in total. The smallest absolute Gasteiger partial charge is 0.226 e. The van der Waals surface area contributed by atoms with Crippen LogP contribution in [0.25, 0.3) is 0 Å². The number of aromatic hydroxyl groups is 4. The molecule has 0 radical (unpaired) electrons. The molecular formula is C32H53N5O6P+. The van der Waals surface area contributed by atoms with E-state index in [1.54, 1.807) is 13.8 Å². The number of ether oxygens (including phenoxy) is 2. The minimum atomic E-state index is -2.19. The molecule has 0 aromatic heterocycles. The fraction of sp³-hybridized carbons (Fsp3) is 0.625. The lowest BCUT2D eigenvalue weighted by Crippen LogP contribution is -2.39. The number of hydrogen-bond acceptors (Lipinski definition) is 11. The summed E-state index contributed by atoms with van der Waals surface area (Å²) in [6, 6.07) is 3.83. The summed E-state index contributed by atoms with van der Waals surface area (Å²) < 4.78 is 17.8. The Morgan fingerprint density at radius 2 is 0.977 bits per heavy atom. The number of phenolic OH excluding ortho intramolecular Hbond substituents is 4. The van der Waals surface area contributed by atoms with Crippen LogP contribution in [-0.4, -0.2) is 145 Å². The lowest BCUT2D eigenvalue weighted by atomic mass is 9.86. The standard InChI is InChI=1S/C32H52N5O6P/c1-22-29(38)24(19-36-9-13-42-14-10-36)17-26(31(22)40)28(21-44(33(3)4,34(5)6)35(7)8)27-18-25(30(39)23(2)32(27)41)20-37-11-15-43-16-12-37/h17-18,28H,9-16,19-21H2,1-8H3,(H3-,38,39,40,41)/p+1. The van der Waals surface area contributed by atoms with Gasteiger partial charge in [0.25, 0.3) is 0 Å². The van der Waals surface area contributed by atoms with Gasteiger partial charge in [0.2, 0.25) is 7.71 Å². The predicted molar refractivity (Wildman–Crippen MR) is 176 cm³/mol. The van der Waals surface area contributed by atoms with Gasteiger partial charge in [0.1, 0.15) is 29.2 Å². The van der Waals surface area contributed by atoms with Crippen molar-refractivity contribution in [3.63, 3.8) is 0 Å². The van der Waals surface area contributed by atoms with Crippen molar-refractivity contribution in [2.45, 2.75) is 32.9 Å². The van der Waals surface area contributed by atoms with Gasteiger partial charge in [-0.05, 0) is 26.0 Å². The summed E-state index contributed by atoms with van der Waals surface area (Å²) in [6.45, 7) is 10.1. The van der Waals surface area contributed by atoms with Gasteiger partial charge in [0.15, 0.2) is 0 Å². The summed E-state index contributed by atoms with van der Waals surface area (Å²) in [5.41, 5.74) is 3.60. The third kappa shape index (κ3) is 6.95. The molecule has 0 amide bonds. The van der Waals surface area contributed by atoms with Crippen LogP contribution in [-0.2, 0) is 22.6 Å². The van der Waals surface area contributed by atoms with Crippen LogP contribution >= 0.6 is 7.71 Å². The SMILES string of the molecule is Cc1c(O)c(CN2CCOCC2)cc(C(C[P+](N(C)C)(N(C)C)N(C)C)c2cc(CN3CCOCC3)c(O)c(C)c2O)c1O. The summed E-state index contributed by atoms with van der Waals surface area (Å²) in [6.07, 6.45) is 0.573. The molecule has 4 rings (SSSR count). The van der Waals surface area contributed by atoms with Gasteiger partial charge in [0, 0.05) is 115 Å². The first-order chi connectivity index (χ1) is 20.8. The molecule has 0 unspecified atom stereocenters. The van der Waals surface area contributed by atoms with Crippen molar-refractivity contribution in [3.05, 3.63) is 45.5 Å². The summed E-state index contributed by atoms with van der Waals surface area (Å²) in [5, 5.41) is 45.9. The maximum Gasteiger partial charge on any atom is 0.226 e. The van der Waals surface area contributed by atoms with Crippen LogP contribution in [0, 0.1) is 13.8 Å². The molecule has 2 aliphatic rings. The van der Waals surface area contributed by atoms with Crippen LogP contribution < -0.4 is 0 Å². The maximum absolute atomic E-state index is 11.7. The first-order valence-electron chi connectivity index (χ1n) is 15.4. The number of morpholine rings is 2. The summed E-state index contributed by atoms with van der Waals surface area (Å²) >= 11 is 0. The van der Waals surface area contributed by atoms with Crippen LogP contribution in [0.3, 0.4) is 0 Å². The molecule has 0 spiro atoms. The molecule has 2 aromatic rings. The zero-order valence-corrected chi connectivity index (χ0v) is 28.7. The van der Waals surface area contributed by atoms with E-state index in [0.29, 0.717) is 67.9 Å². The Bertz CT molecular complexity index is 1190. The van der Waals surface area contributed by atoms with E-state index in [4.69, 9.17) is 9.47 Å². The minimum Gasteiger partial charge on any atom is -0.507 e. The minimum absolute atomic E-state index is 0.0208. The third-order valence-corrected chi connectivity index (χ3v) is 14.0. The van der Waals surface area contributed by atoms with Gasteiger partial charge in [-0.3, -0.25) is 9.80 Å². The molecular weight excluding hydrogens is 581 g/mol. The van der Waals surface area contributed by atoms with Crippen molar-refractivity contribution in [1.82, 2.24) is 23.8 Å². The molecule has 0 bridgehead atoms. The first-order valence-corrected chi connectivity index (χ1v) is 17.2. The highest BCUT2D eigenvalue weighted by molar-refractivity contribution is 7.69. The van der Waals surface area contributed by atoms with Crippen LogP contribution in [0.1, 0.15) is 39.3 Å². The van der Waals surface area contributed by atoms with E-state index in [1.807, 2.05) is 12.1 Å². The van der Waals surface area contributed by atoms with E-state index in [2.05, 4.69) is 66.1 Å². The zero-order valence-electron chi connectivity index (χ0n) is 27.8. The molecule has 2 saturated heterocycles. The summed E-state index contributed by atoms with van der Waals surface area (Å²) in [5.74, 6) is -0.241. The van der Waals surface area contributed by atoms with Gasteiger partial charge in [0.05, 0.1) is 32.3 Å². The predicted octanol–water partition coefficient (Wildman–Crippen LogP) is 3.37. The Morgan fingerprint density at radius 1 is 0.636 bits per heavy atom. The topological polar surface area (TPSA) is 116 Å². The monoisotopic (exact) mass is 634 g/mol. The highest BCUT2D eigenvalue weighted by atomic mass is 31.2. The molecule has 4 N–H and O–H groups in total. The van der Waals surface area contributed by atoms with Gasteiger partial charge >= 0.3 is 0 Å². The Balaban J connectivity index is 1.93. The van der Waals surface area contributed by atoms with E-state index >= 15 is 0 Å². The van der Waals surface area contributed by atoms with Crippen molar-refractivity contribution in [1.29, 1.82) is 0 Å². The molecule has 246 valence electrons. The maximum atomic E-state index is 11.7. The van der Waals surface area contributed by atoms with Crippen molar-refractivity contribution in [2.75, 3.05) is 101 Å². The number of nitrogens with zero attached hydrogens (tertiary/aromatic N) is 5. The quantitative estimate of drug-likeness (QED) is 0.273. The van der Waals surface area contributed by atoms with Crippen LogP contribution in [0.15, 0.2) is 12.1 Å². The van der Waals surface area contributed by atoms with E-state index in [0.717, 1.165) is 37.3 Å². The molecule has 44 heavy (non-hydrogen) atoms. The second-order valence-electron chi connectivity index (χ2n) is 12.6. The first kappa shape index (κ1) is 34.7. The molecule has 2 aromatic carbocycles. The Morgan fingerprint density at radius 3 is 1.30 bits per heavy atom. The fourth-order valence-electron chi connectivity index (χ4n) is 6.73. The third-order valence-electron chi connectivity index (χ3n) is 9.33. The molecule has 0 atom stereocenters. The summed E-state index contributed by atoms with van der Waals surface area (Å²) in [7, 11) is 10.2. The van der Waals surface area contributed by atoms with Gasteiger partial charge in [-0.25, -0.2) is 0 Å². The van der Waals surface area contributed by atoms with Crippen LogP contribution in [0.2, 0.25) is 0 Å². The Labute approximate surface area is 263 Å². The number of phenols is 4. The largest absolute Gasteiger partial charge is 0.507 e. The van der Waals surface area contributed by atoms with Crippen LogP contribution in [0.5, 0.6) is 23.0 Å².